The molecule has 1 aliphatic rings. The van der Waals surface area contributed by atoms with Gasteiger partial charge in [0.2, 0.25) is 0 Å². The fourth-order valence-corrected chi connectivity index (χ4v) is 2.47. The Kier molecular flexibility index (Phi) is 4.53. The second-order valence-corrected chi connectivity index (χ2v) is 5.19. The Hall–Kier alpha value is -0.830. The lowest BCUT2D eigenvalue weighted by molar-refractivity contribution is -0.192. The van der Waals surface area contributed by atoms with E-state index in [0.29, 0.717) is 6.42 Å². The molecule has 0 saturated carbocycles. The van der Waals surface area contributed by atoms with Crippen LogP contribution in [0.4, 0.5) is 13.2 Å². The summed E-state index contributed by atoms with van der Waals surface area (Å²) >= 11 is 0. The molecule has 0 spiro atoms. The molecule has 1 heterocycles. The summed E-state index contributed by atoms with van der Waals surface area (Å²) in [5.74, 6) is -2.28. The first-order chi connectivity index (χ1) is 6.54. The van der Waals surface area contributed by atoms with E-state index in [2.05, 4.69) is 0 Å². The molecule has 1 rings (SSSR count). The summed E-state index contributed by atoms with van der Waals surface area (Å²) in [7, 11) is -2.72. The van der Waals surface area contributed by atoms with E-state index in [9.17, 15) is 21.6 Å². The Balaban J connectivity index is 0.000000265. The molecule has 3 N–H and O–H groups in total. The topological polar surface area (TPSA) is 97.5 Å². The molecule has 0 amide bonds. The Labute approximate surface area is 84.0 Å². The summed E-state index contributed by atoms with van der Waals surface area (Å²) in [6.45, 7) is 0. The third kappa shape index (κ3) is 6.28. The molecule has 5 nitrogen and oxygen atoms in total. The van der Waals surface area contributed by atoms with E-state index in [0.717, 1.165) is 0 Å². The number of aliphatic carboxylic acids is 1. The summed E-state index contributed by atoms with van der Waals surface area (Å²) in [5, 5.41) is 7.12. The van der Waals surface area contributed by atoms with Crippen molar-refractivity contribution in [3.8, 4) is 0 Å². The van der Waals surface area contributed by atoms with Crippen LogP contribution in [-0.4, -0.2) is 43.2 Å². The number of sulfone groups is 1. The zero-order valence-electron chi connectivity index (χ0n) is 7.49. The molecule has 0 bridgehead atoms. The van der Waals surface area contributed by atoms with Crippen LogP contribution in [0.15, 0.2) is 0 Å². The molecule has 0 aliphatic carbocycles. The SMILES string of the molecule is NC1CCS(=O)(=O)C1.O=C(O)C(F)(F)F. The van der Waals surface area contributed by atoms with E-state index in [4.69, 9.17) is 15.6 Å². The van der Waals surface area contributed by atoms with Gasteiger partial charge in [0.1, 0.15) is 0 Å². The summed E-state index contributed by atoms with van der Waals surface area (Å²) in [6, 6.07) is -0.0972. The van der Waals surface area contributed by atoms with Crippen LogP contribution in [0.2, 0.25) is 0 Å². The van der Waals surface area contributed by atoms with Crippen LogP contribution in [-0.2, 0) is 14.6 Å². The van der Waals surface area contributed by atoms with Crippen LogP contribution >= 0.6 is 0 Å². The van der Waals surface area contributed by atoms with Crippen LogP contribution in [0.1, 0.15) is 6.42 Å². The molecule has 1 fully saturated rings. The fourth-order valence-electron chi connectivity index (χ4n) is 0.824. The van der Waals surface area contributed by atoms with Gasteiger partial charge in [0.25, 0.3) is 0 Å². The average molecular weight is 249 g/mol. The van der Waals surface area contributed by atoms with Gasteiger partial charge < -0.3 is 10.8 Å². The summed E-state index contributed by atoms with van der Waals surface area (Å²) < 4.78 is 52.9. The molecule has 0 aromatic heterocycles. The van der Waals surface area contributed by atoms with Crippen molar-refractivity contribution in [3.63, 3.8) is 0 Å². The second-order valence-electron chi connectivity index (χ2n) is 2.97. The maximum atomic E-state index is 10.6. The third-order valence-electron chi connectivity index (χ3n) is 1.51. The molecule has 1 aliphatic heterocycles. The lowest BCUT2D eigenvalue weighted by Gasteiger charge is -1.93. The zero-order chi connectivity index (χ0) is 12.3. The number of nitrogens with two attached hydrogens (primary N) is 1. The number of alkyl halides is 3. The lowest BCUT2D eigenvalue weighted by atomic mass is 10.3. The van der Waals surface area contributed by atoms with E-state index in [1.165, 1.54) is 0 Å². The molecular weight excluding hydrogens is 239 g/mol. The van der Waals surface area contributed by atoms with Crippen LogP contribution in [0.5, 0.6) is 0 Å². The van der Waals surface area contributed by atoms with Crippen molar-refractivity contribution in [3.05, 3.63) is 0 Å². The molecule has 90 valence electrons. The minimum Gasteiger partial charge on any atom is -0.475 e. The molecule has 1 unspecified atom stereocenters. The summed E-state index contributed by atoms with van der Waals surface area (Å²) in [4.78, 5) is 8.90. The number of rotatable bonds is 0. The Bertz CT molecular complexity index is 324. The number of hydrogen-bond donors (Lipinski definition) is 2. The highest BCUT2D eigenvalue weighted by atomic mass is 32.2. The van der Waals surface area contributed by atoms with Gasteiger partial charge in [-0.05, 0) is 6.42 Å². The molecule has 0 aromatic carbocycles. The number of carboxylic acid groups (broad SMARTS) is 1. The maximum absolute atomic E-state index is 10.6. The van der Waals surface area contributed by atoms with E-state index in [-0.39, 0.29) is 17.5 Å². The Morgan fingerprint density at radius 1 is 1.40 bits per heavy atom. The largest absolute Gasteiger partial charge is 0.490 e. The average Bonchev–Trinajstić information content (AvgIpc) is 2.28. The normalized spacial score (nSPS) is 24.1. The minimum atomic E-state index is -5.08. The highest BCUT2D eigenvalue weighted by Crippen LogP contribution is 2.13. The first-order valence-corrected chi connectivity index (χ1v) is 5.63. The standard InChI is InChI=1S/C4H9NO2S.C2HF3O2/c5-4-1-2-8(6,7)3-4;3-2(4,5)1(6)7/h4H,1-3,5H2;(H,6,7). The van der Waals surface area contributed by atoms with E-state index in [1.54, 1.807) is 0 Å². The Morgan fingerprint density at radius 2 is 1.80 bits per heavy atom. The van der Waals surface area contributed by atoms with E-state index < -0.39 is 22.0 Å². The molecule has 1 atom stereocenters. The van der Waals surface area contributed by atoms with Gasteiger partial charge in [-0.3, -0.25) is 0 Å². The summed E-state index contributed by atoms with van der Waals surface area (Å²) in [5.41, 5.74) is 5.33. The molecule has 1 saturated heterocycles. The van der Waals surface area contributed by atoms with E-state index >= 15 is 0 Å². The quantitative estimate of drug-likeness (QED) is 0.617. The van der Waals surface area contributed by atoms with Crippen LogP contribution < -0.4 is 5.73 Å². The van der Waals surface area contributed by atoms with Gasteiger partial charge in [-0.15, -0.1) is 0 Å². The van der Waals surface area contributed by atoms with Crippen molar-refractivity contribution < 1.29 is 31.5 Å². The predicted molar refractivity (Wildman–Crippen MR) is 44.9 cm³/mol. The third-order valence-corrected chi connectivity index (χ3v) is 3.30. The van der Waals surface area contributed by atoms with E-state index in [1.807, 2.05) is 0 Å². The smallest absolute Gasteiger partial charge is 0.475 e. The summed E-state index contributed by atoms with van der Waals surface area (Å²) in [6.07, 6.45) is -4.44. The second kappa shape index (κ2) is 4.79. The van der Waals surface area contributed by atoms with Gasteiger partial charge in [0, 0.05) is 6.04 Å². The van der Waals surface area contributed by atoms with Gasteiger partial charge in [-0.2, -0.15) is 13.2 Å². The van der Waals surface area contributed by atoms with Crippen LogP contribution in [0, 0.1) is 0 Å². The first-order valence-electron chi connectivity index (χ1n) is 3.81. The van der Waals surface area contributed by atoms with Gasteiger partial charge in [-0.25, -0.2) is 13.2 Å². The van der Waals surface area contributed by atoms with Crippen LogP contribution in [0.25, 0.3) is 0 Å². The monoisotopic (exact) mass is 249 g/mol. The van der Waals surface area contributed by atoms with Crippen molar-refractivity contribution >= 4 is 15.8 Å². The fraction of sp³-hybridized carbons (Fsp3) is 0.833. The predicted octanol–water partition coefficient (Wildman–Crippen LogP) is -0.234. The molecule has 0 radical (unpaired) electrons. The Morgan fingerprint density at radius 3 is 1.87 bits per heavy atom. The van der Waals surface area contributed by atoms with Crippen molar-refractivity contribution in [2.45, 2.75) is 18.6 Å². The van der Waals surface area contributed by atoms with Gasteiger partial charge >= 0.3 is 12.1 Å². The highest BCUT2D eigenvalue weighted by molar-refractivity contribution is 7.91. The minimum absolute atomic E-state index is 0.0972. The van der Waals surface area contributed by atoms with Crippen molar-refractivity contribution in [2.24, 2.45) is 5.73 Å². The van der Waals surface area contributed by atoms with Gasteiger partial charge in [0.15, 0.2) is 9.84 Å². The number of hydrogen-bond acceptors (Lipinski definition) is 4. The van der Waals surface area contributed by atoms with Crippen LogP contribution in [0.3, 0.4) is 0 Å². The highest BCUT2D eigenvalue weighted by Gasteiger charge is 2.38. The number of carboxylic acids is 1. The number of halogens is 3. The molecular formula is C6H10F3NO4S. The maximum Gasteiger partial charge on any atom is 0.490 e. The van der Waals surface area contributed by atoms with Gasteiger partial charge in [0.05, 0.1) is 11.5 Å². The van der Waals surface area contributed by atoms with Gasteiger partial charge in [-0.1, -0.05) is 0 Å². The first kappa shape index (κ1) is 14.2. The zero-order valence-corrected chi connectivity index (χ0v) is 8.31. The molecule has 9 heteroatoms. The van der Waals surface area contributed by atoms with Crippen molar-refractivity contribution in [1.82, 2.24) is 0 Å². The number of carbonyl (C=O) groups is 1. The van der Waals surface area contributed by atoms with Crippen molar-refractivity contribution in [2.75, 3.05) is 11.5 Å². The van der Waals surface area contributed by atoms with Crippen molar-refractivity contribution in [1.29, 1.82) is 0 Å². The molecule has 0 aromatic rings. The lowest BCUT2D eigenvalue weighted by Crippen LogP contribution is -2.21. The molecule has 15 heavy (non-hydrogen) atoms.